The summed E-state index contributed by atoms with van der Waals surface area (Å²) < 4.78 is 38.6. The van der Waals surface area contributed by atoms with E-state index in [-0.39, 0.29) is 5.91 Å². The topological polar surface area (TPSA) is 36.4 Å². The van der Waals surface area contributed by atoms with Crippen LogP contribution in [0.2, 0.25) is 0 Å². The molecule has 0 N–H and O–H groups in total. The molecule has 0 bridgehead atoms. The molecule has 0 unspecified atom stereocenters. The summed E-state index contributed by atoms with van der Waals surface area (Å²) in [7, 11) is 0. The van der Waals surface area contributed by atoms with E-state index >= 15 is 0 Å². The minimum absolute atomic E-state index is 0.0543. The first kappa shape index (κ1) is 17.7. The van der Waals surface area contributed by atoms with Gasteiger partial charge in [-0.2, -0.15) is 13.2 Å². The van der Waals surface area contributed by atoms with Crippen LogP contribution in [0.4, 0.5) is 19.0 Å². The number of alkyl halides is 3. The van der Waals surface area contributed by atoms with Crippen LogP contribution in [0.3, 0.4) is 0 Å². The second kappa shape index (κ2) is 7.03. The predicted molar refractivity (Wildman–Crippen MR) is 91.5 cm³/mol. The Kier molecular flexibility index (Phi) is 4.99. The lowest BCUT2D eigenvalue weighted by atomic mass is 10.2. The highest BCUT2D eigenvalue weighted by Crippen LogP contribution is 2.29. The molecule has 0 aliphatic carbocycles. The summed E-state index contributed by atoms with van der Waals surface area (Å²) in [6.07, 6.45) is -3.55. The maximum absolute atomic E-state index is 12.6. The minimum atomic E-state index is -4.39. The van der Waals surface area contributed by atoms with Gasteiger partial charge in [0.1, 0.15) is 5.82 Å². The maximum Gasteiger partial charge on any atom is 0.417 e. The molecule has 0 saturated carbocycles. The molecule has 0 radical (unpaired) electrons. The van der Waals surface area contributed by atoms with Gasteiger partial charge in [-0.25, -0.2) is 4.98 Å². The summed E-state index contributed by atoms with van der Waals surface area (Å²) in [5.41, 5.74) is -0.157. The van der Waals surface area contributed by atoms with E-state index < -0.39 is 11.7 Å². The number of rotatable bonds is 2. The van der Waals surface area contributed by atoms with Crippen molar-refractivity contribution in [1.82, 2.24) is 9.88 Å². The standard InChI is InChI=1S/C17H15BrF3N3O/c18-14-3-1-2-12(10-14)16(25)24-8-6-23(7-9-24)15-5-4-13(11-22-15)17(19,20)21/h1-5,10-11H,6-9H2. The van der Waals surface area contributed by atoms with Crippen molar-refractivity contribution >= 4 is 27.7 Å². The smallest absolute Gasteiger partial charge is 0.353 e. The number of hydrogen-bond acceptors (Lipinski definition) is 3. The third-order valence-corrected chi connectivity index (χ3v) is 4.53. The largest absolute Gasteiger partial charge is 0.417 e. The van der Waals surface area contributed by atoms with Gasteiger partial charge in [-0.05, 0) is 30.3 Å². The lowest BCUT2D eigenvalue weighted by molar-refractivity contribution is -0.137. The van der Waals surface area contributed by atoms with Crippen LogP contribution >= 0.6 is 15.9 Å². The number of anilines is 1. The van der Waals surface area contributed by atoms with E-state index in [1.807, 2.05) is 11.0 Å². The molecular formula is C17H15BrF3N3O. The molecule has 2 aromatic rings. The molecule has 1 aromatic heterocycles. The second-order valence-electron chi connectivity index (χ2n) is 5.69. The first-order valence-corrected chi connectivity index (χ1v) is 8.47. The van der Waals surface area contributed by atoms with Gasteiger partial charge in [0.2, 0.25) is 0 Å². The molecule has 1 aliphatic heterocycles. The number of nitrogens with zero attached hydrogens (tertiary/aromatic N) is 3. The number of halogens is 4. The molecule has 1 amide bonds. The first-order valence-electron chi connectivity index (χ1n) is 7.67. The van der Waals surface area contributed by atoms with Crippen LogP contribution in [0, 0.1) is 0 Å². The zero-order chi connectivity index (χ0) is 18.0. The number of aromatic nitrogens is 1. The molecule has 4 nitrogen and oxygen atoms in total. The average Bonchev–Trinajstić information content (AvgIpc) is 2.61. The van der Waals surface area contributed by atoms with Gasteiger partial charge in [-0.15, -0.1) is 0 Å². The van der Waals surface area contributed by atoms with Crippen molar-refractivity contribution in [3.8, 4) is 0 Å². The van der Waals surface area contributed by atoms with E-state index in [0.717, 1.165) is 16.7 Å². The van der Waals surface area contributed by atoms with Crippen LogP contribution in [0.25, 0.3) is 0 Å². The molecule has 8 heteroatoms. The number of hydrogen-bond donors (Lipinski definition) is 0. The number of piperazine rings is 1. The molecule has 3 rings (SSSR count). The van der Waals surface area contributed by atoms with Crippen molar-refractivity contribution in [2.75, 3.05) is 31.1 Å². The molecule has 25 heavy (non-hydrogen) atoms. The van der Waals surface area contributed by atoms with Crippen molar-refractivity contribution in [1.29, 1.82) is 0 Å². The number of benzene rings is 1. The maximum atomic E-state index is 12.6. The quantitative estimate of drug-likeness (QED) is 0.750. The van der Waals surface area contributed by atoms with Crippen LogP contribution in [-0.4, -0.2) is 42.0 Å². The van der Waals surface area contributed by atoms with Gasteiger partial charge < -0.3 is 9.80 Å². The average molecular weight is 414 g/mol. The SMILES string of the molecule is O=C(c1cccc(Br)c1)N1CCN(c2ccc(C(F)(F)F)cn2)CC1. The number of pyridine rings is 1. The van der Waals surface area contributed by atoms with Crippen molar-refractivity contribution in [2.24, 2.45) is 0 Å². The third kappa shape index (κ3) is 4.12. The fourth-order valence-electron chi connectivity index (χ4n) is 2.68. The summed E-state index contributed by atoms with van der Waals surface area (Å²) >= 11 is 3.35. The molecule has 2 heterocycles. The van der Waals surface area contributed by atoms with E-state index in [0.29, 0.717) is 37.6 Å². The highest BCUT2D eigenvalue weighted by atomic mass is 79.9. The van der Waals surface area contributed by atoms with Crippen molar-refractivity contribution in [3.63, 3.8) is 0 Å². The highest BCUT2D eigenvalue weighted by molar-refractivity contribution is 9.10. The lowest BCUT2D eigenvalue weighted by Crippen LogP contribution is -2.49. The molecule has 1 aliphatic rings. The molecule has 0 spiro atoms. The van der Waals surface area contributed by atoms with Crippen molar-refractivity contribution < 1.29 is 18.0 Å². The van der Waals surface area contributed by atoms with Crippen LogP contribution < -0.4 is 4.90 Å². The monoisotopic (exact) mass is 413 g/mol. The van der Waals surface area contributed by atoms with Crippen molar-refractivity contribution in [2.45, 2.75) is 6.18 Å². The van der Waals surface area contributed by atoms with Crippen LogP contribution in [0.15, 0.2) is 47.1 Å². The van der Waals surface area contributed by atoms with Gasteiger partial charge in [0.25, 0.3) is 5.91 Å². The number of amides is 1. The van der Waals surface area contributed by atoms with Crippen LogP contribution in [0.5, 0.6) is 0 Å². The third-order valence-electron chi connectivity index (χ3n) is 4.04. The fraction of sp³-hybridized carbons (Fsp3) is 0.294. The van der Waals surface area contributed by atoms with Gasteiger partial charge in [0.15, 0.2) is 0 Å². The Morgan fingerprint density at radius 1 is 1.08 bits per heavy atom. The Balaban J connectivity index is 1.63. The molecule has 1 saturated heterocycles. The number of carbonyl (C=O) groups excluding carboxylic acids is 1. The Morgan fingerprint density at radius 3 is 2.36 bits per heavy atom. The minimum Gasteiger partial charge on any atom is -0.353 e. The van der Waals surface area contributed by atoms with Gasteiger partial charge in [-0.3, -0.25) is 4.79 Å². The highest BCUT2D eigenvalue weighted by Gasteiger charge is 2.31. The Bertz CT molecular complexity index is 756. The summed E-state index contributed by atoms with van der Waals surface area (Å²) in [4.78, 5) is 20.0. The van der Waals surface area contributed by atoms with Gasteiger partial charge >= 0.3 is 6.18 Å². The van der Waals surface area contributed by atoms with Crippen LogP contribution in [0.1, 0.15) is 15.9 Å². The summed E-state index contributed by atoms with van der Waals surface area (Å²) in [6.45, 7) is 2.04. The van der Waals surface area contributed by atoms with Gasteiger partial charge in [0, 0.05) is 42.4 Å². The van der Waals surface area contributed by atoms with Crippen LogP contribution in [-0.2, 0) is 6.18 Å². The molecule has 0 atom stereocenters. The second-order valence-corrected chi connectivity index (χ2v) is 6.61. The molecule has 1 fully saturated rings. The van der Waals surface area contributed by atoms with E-state index in [9.17, 15) is 18.0 Å². The molecule has 132 valence electrons. The van der Waals surface area contributed by atoms with E-state index in [1.54, 1.807) is 23.1 Å². The van der Waals surface area contributed by atoms with E-state index in [2.05, 4.69) is 20.9 Å². The fourth-order valence-corrected chi connectivity index (χ4v) is 3.08. The Morgan fingerprint density at radius 2 is 1.80 bits per heavy atom. The Labute approximate surface area is 151 Å². The number of carbonyl (C=O) groups is 1. The summed E-state index contributed by atoms with van der Waals surface area (Å²) in [6, 6.07) is 9.59. The van der Waals surface area contributed by atoms with Gasteiger partial charge in [-0.1, -0.05) is 22.0 Å². The van der Waals surface area contributed by atoms with Gasteiger partial charge in [0.05, 0.1) is 5.56 Å². The first-order chi connectivity index (χ1) is 11.8. The zero-order valence-electron chi connectivity index (χ0n) is 13.1. The lowest BCUT2D eigenvalue weighted by Gasteiger charge is -2.35. The van der Waals surface area contributed by atoms with Crippen molar-refractivity contribution in [3.05, 3.63) is 58.2 Å². The Hall–Kier alpha value is -2.09. The zero-order valence-corrected chi connectivity index (χ0v) is 14.7. The predicted octanol–water partition coefficient (Wildman–Crippen LogP) is 3.83. The van der Waals surface area contributed by atoms with E-state index in [1.165, 1.54) is 6.07 Å². The summed E-state index contributed by atoms with van der Waals surface area (Å²) in [5.74, 6) is 0.434. The molecular weight excluding hydrogens is 399 g/mol. The normalized spacial score (nSPS) is 15.4. The molecule has 1 aromatic carbocycles. The summed E-state index contributed by atoms with van der Waals surface area (Å²) in [5, 5.41) is 0. The van der Waals surface area contributed by atoms with E-state index in [4.69, 9.17) is 0 Å².